The van der Waals surface area contributed by atoms with Gasteiger partial charge in [-0.05, 0) is 37.6 Å². The lowest BCUT2D eigenvalue weighted by atomic mass is 10.2. The van der Waals surface area contributed by atoms with E-state index in [-0.39, 0.29) is 6.79 Å². The Morgan fingerprint density at radius 3 is 2.82 bits per heavy atom. The minimum Gasteiger partial charge on any atom is -0.454 e. The van der Waals surface area contributed by atoms with Crippen LogP contribution in [-0.4, -0.2) is 38.9 Å². The van der Waals surface area contributed by atoms with Crippen molar-refractivity contribution in [2.45, 2.75) is 49.8 Å². The minimum atomic E-state index is 0.260. The van der Waals surface area contributed by atoms with Crippen LogP contribution in [0.25, 0.3) is 11.2 Å². The van der Waals surface area contributed by atoms with Crippen molar-refractivity contribution >= 4 is 28.7 Å². The third-order valence-corrected chi connectivity index (χ3v) is 5.66. The fourth-order valence-corrected chi connectivity index (χ4v) is 4.08. The summed E-state index contributed by atoms with van der Waals surface area (Å²) in [7, 11) is 0. The van der Waals surface area contributed by atoms with Crippen LogP contribution < -0.4 is 20.5 Å². The molecule has 0 saturated heterocycles. The minimum absolute atomic E-state index is 0.260. The van der Waals surface area contributed by atoms with Crippen LogP contribution in [0.5, 0.6) is 11.5 Å². The largest absolute Gasteiger partial charge is 0.454 e. The van der Waals surface area contributed by atoms with Gasteiger partial charge in [-0.1, -0.05) is 25.6 Å². The molecular formula is C19H24N6O2S. The molecule has 148 valence electrons. The molecule has 3 aromatic rings. The van der Waals surface area contributed by atoms with Crippen LogP contribution in [-0.2, 0) is 6.54 Å². The topological polar surface area (TPSA) is 100 Å². The number of anilines is 1. The second-order valence-corrected chi connectivity index (χ2v) is 8.02. The highest BCUT2D eigenvalue weighted by atomic mass is 32.2. The first kappa shape index (κ1) is 18.8. The number of hydrogen-bond donors (Lipinski definition) is 2. The predicted octanol–water partition coefficient (Wildman–Crippen LogP) is 2.98. The maximum atomic E-state index is 6.04. The second kappa shape index (κ2) is 7.84. The first-order valence-corrected chi connectivity index (χ1v) is 10.1. The number of nitrogens with zero attached hydrogens (tertiary/aromatic N) is 4. The summed E-state index contributed by atoms with van der Waals surface area (Å²) in [6.45, 7) is 8.31. The molecule has 3 heterocycles. The summed E-state index contributed by atoms with van der Waals surface area (Å²) < 4.78 is 13.1. The van der Waals surface area contributed by atoms with Crippen LogP contribution in [0.15, 0.2) is 28.5 Å². The number of nitrogens with two attached hydrogens (primary N) is 1. The Morgan fingerprint density at radius 1 is 1.25 bits per heavy atom. The number of aryl methyl sites for hydroxylation is 2. The summed E-state index contributed by atoms with van der Waals surface area (Å²) in [5.41, 5.74) is 8.55. The monoisotopic (exact) mass is 400 g/mol. The molecule has 0 aliphatic carbocycles. The Morgan fingerprint density at radius 2 is 2.04 bits per heavy atom. The number of fused-ring (bicyclic) bond motifs is 2. The number of ether oxygens (including phenoxy) is 2. The molecule has 0 fully saturated rings. The zero-order valence-corrected chi connectivity index (χ0v) is 17.0. The lowest BCUT2D eigenvalue weighted by Gasteiger charge is -2.11. The van der Waals surface area contributed by atoms with Crippen molar-refractivity contribution in [3.8, 4) is 11.5 Å². The smallest absolute Gasteiger partial charge is 0.231 e. The molecular weight excluding hydrogens is 376 g/mol. The third kappa shape index (κ3) is 3.72. The van der Waals surface area contributed by atoms with Crippen molar-refractivity contribution in [2.24, 2.45) is 0 Å². The average molecular weight is 401 g/mol. The van der Waals surface area contributed by atoms with E-state index < -0.39 is 0 Å². The van der Waals surface area contributed by atoms with Gasteiger partial charge in [-0.15, -0.1) is 0 Å². The zero-order valence-electron chi connectivity index (χ0n) is 16.2. The van der Waals surface area contributed by atoms with Crippen molar-refractivity contribution < 1.29 is 9.47 Å². The molecule has 4 rings (SSSR count). The van der Waals surface area contributed by atoms with Crippen LogP contribution in [0.2, 0.25) is 0 Å². The number of nitrogen functional groups attached to an aromatic ring is 1. The van der Waals surface area contributed by atoms with Gasteiger partial charge in [0, 0.05) is 17.5 Å². The lowest BCUT2D eigenvalue weighted by Crippen LogP contribution is -2.24. The summed E-state index contributed by atoms with van der Waals surface area (Å²) >= 11 is 1.58. The molecule has 0 saturated carbocycles. The standard InChI is InChI=1S/C19H24N6O2S/c1-11(2)21-5-4-6-25-18-16(17(20)22-9-23-18)24-19(25)28-15-8-14-13(7-12(15)3)26-10-27-14/h7-9,11,21H,4-6,10H2,1-3H3,(H2,20,22,23). The number of aromatic nitrogens is 4. The summed E-state index contributed by atoms with van der Waals surface area (Å²) in [5.74, 6) is 1.94. The number of hydrogen-bond acceptors (Lipinski definition) is 8. The van der Waals surface area contributed by atoms with E-state index in [4.69, 9.17) is 20.2 Å². The van der Waals surface area contributed by atoms with Gasteiger partial charge in [-0.25, -0.2) is 15.0 Å². The van der Waals surface area contributed by atoms with Gasteiger partial charge in [0.05, 0.1) is 0 Å². The third-order valence-electron chi connectivity index (χ3n) is 4.51. The van der Waals surface area contributed by atoms with E-state index in [2.05, 4.69) is 40.6 Å². The first-order valence-electron chi connectivity index (χ1n) is 9.31. The normalized spacial score (nSPS) is 13.0. The molecule has 0 atom stereocenters. The Balaban J connectivity index is 1.66. The number of imidazole rings is 1. The molecule has 1 aromatic carbocycles. The molecule has 0 bridgehead atoms. The van der Waals surface area contributed by atoms with Gasteiger partial charge in [0.1, 0.15) is 6.33 Å². The number of benzene rings is 1. The molecule has 0 unspecified atom stereocenters. The molecule has 0 radical (unpaired) electrons. The van der Waals surface area contributed by atoms with Crippen molar-refractivity contribution in [3.05, 3.63) is 24.0 Å². The fraction of sp³-hybridized carbons (Fsp3) is 0.421. The van der Waals surface area contributed by atoms with E-state index in [1.807, 2.05) is 12.1 Å². The molecule has 0 spiro atoms. The van der Waals surface area contributed by atoms with E-state index >= 15 is 0 Å². The van der Waals surface area contributed by atoms with E-state index in [1.165, 1.54) is 6.33 Å². The van der Waals surface area contributed by atoms with Crippen LogP contribution in [0.1, 0.15) is 25.8 Å². The van der Waals surface area contributed by atoms with Crippen LogP contribution in [0.4, 0.5) is 5.82 Å². The number of nitrogens with one attached hydrogen (secondary N) is 1. The van der Waals surface area contributed by atoms with E-state index in [9.17, 15) is 0 Å². The Kier molecular flexibility index (Phi) is 5.27. The van der Waals surface area contributed by atoms with Gasteiger partial charge in [0.2, 0.25) is 6.79 Å². The maximum Gasteiger partial charge on any atom is 0.231 e. The molecule has 1 aliphatic rings. The summed E-state index contributed by atoms with van der Waals surface area (Å²) in [6, 6.07) is 4.46. The van der Waals surface area contributed by atoms with Crippen LogP contribution in [0.3, 0.4) is 0 Å². The summed E-state index contributed by atoms with van der Waals surface area (Å²) in [4.78, 5) is 14.3. The molecule has 0 amide bonds. The van der Waals surface area contributed by atoms with Crippen LogP contribution >= 0.6 is 11.8 Å². The Bertz CT molecular complexity index is 1000. The van der Waals surface area contributed by atoms with Gasteiger partial charge in [-0.2, -0.15) is 0 Å². The summed E-state index contributed by atoms with van der Waals surface area (Å²) in [5, 5.41) is 4.29. The van der Waals surface area contributed by atoms with E-state index in [0.717, 1.165) is 52.3 Å². The molecule has 2 aromatic heterocycles. The molecule has 9 heteroatoms. The quantitative estimate of drug-likeness (QED) is 0.584. The van der Waals surface area contributed by atoms with Gasteiger partial charge in [0.25, 0.3) is 0 Å². The van der Waals surface area contributed by atoms with Gasteiger partial charge in [-0.3, -0.25) is 0 Å². The van der Waals surface area contributed by atoms with E-state index in [1.54, 1.807) is 11.8 Å². The molecule has 1 aliphatic heterocycles. The SMILES string of the molecule is Cc1cc2c(cc1Sc1nc3c(N)ncnc3n1CCCNC(C)C)OCO2. The predicted molar refractivity (Wildman–Crippen MR) is 109 cm³/mol. The average Bonchev–Trinajstić information content (AvgIpc) is 3.24. The maximum absolute atomic E-state index is 6.04. The highest BCUT2D eigenvalue weighted by molar-refractivity contribution is 7.99. The van der Waals surface area contributed by atoms with Gasteiger partial charge in [0.15, 0.2) is 33.6 Å². The first-order chi connectivity index (χ1) is 13.5. The van der Waals surface area contributed by atoms with Crippen molar-refractivity contribution in [1.29, 1.82) is 0 Å². The number of rotatable bonds is 7. The molecule has 8 nitrogen and oxygen atoms in total. The fourth-order valence-electron chi connectivity index (χ4n) is 3.07. The van der Waals surface area contributed by atoms with E-state index in [0.29, 0.717) is 17.4 Å². The van der Waals surface area contributed by atoms with Crippen LogP contribution in [0, 0.1) is 6.92 Å². The highest BCUT2D eigenvalue weighted by Crippen LogP contribution is 2.40. The van der Waals surface area contributed by atoms with Crippen molar-refractivity contribution in [1.82, 2.24) is 24.8 Å². The lowest BCUT2D eigenvalue weighted by molar-refractivity contribution is 0.174. The highest BCUT2D eigenvalue weighted by Gasteiger charge is 2.20. The second-order valence-electron chi connectivity index (χ2n) is 7.01. The zero-order chi connectivity index (χ0) is 19.7. The Labute approximate surface area is 167 Å². The molecule has 28 heavy (non-hydrogen) atoms. The van der Waals surface area contributed by atoms with Gasteiger partial charge >= 0.3 is 0 Å². The summed E-state index contributed by atoms with van der Waals surface area (Å²) in [6.07, 6.45) is 2.45. The van der Waals surface area contributed by atoms with Crippen molar-refractivity contribution in [3.63, 3.8) is 0 Å². The van der Waals surface area contributed by atoms with Crippen molar-refractivity contribution in [2.75, 3.05) is 19.1 Å². The Hall–Kier alpha value is -2.52. The van der Waals surface area contributed by atoms with Gasteiger partial charge < -0.3 is 25.1 Å². The molecule has 3 N–H and O–H groups in total.